The molecule has 2 fully saturated rings. The fourth-order valence-corrected chi connectivity index (χ4v) is 5.71. The number of carbonyl (C=O) groups is 2. The molecule has 0 radical (unpaired) electrons. The van der Waals surface area contributed by atoms with Crippen molar-refractivity contribution in [1.29, 1.82) is 0 Å². The molecule has 0 aromatic carbocycles. The normalized spacial score (nSPS) is 42.2. The molecule has 3 aliphatic rings. The van der Waals surface area contributed by atoms with E-state index in [1.54, 1.807) is 0 Å². The van der Waals surface area contributed by atoms with Crippen LogP contribution in [0.4, 0.5) is 0 Å². The molecule has 2 aliphatic carbocycles. The van der Waals surface area contributed by atoms with Crippen molar-refractivity contribution >= 4 is 11.9 Å². The molecule has 0 spiro atoms. The molecular formula is C20H30O4. The maximum atomic E-state index is 11.8. The third kappa shape index (κ3) is 2.78. The van der Waals surface area contributed by atoms with E-state index in [0.717, 1.165) is 38.5 Å². The van der Waals surface area contributed by atoms with Gasteiger partial charge in [-0.15, -0.1) is 0 Å². The smallest absolute Gasteiger partial charge is 0.331 e. The van der Waals surface area contributed by atoms with E-state index in [-0.39, 0.29) is 16.8 Å². The number of hydrogen-bond donors (Lipinski definition) is 1. The first-order chi connectivity index (χ1) is 11.3. The number of carboxylic acid groups (broad SMARTS) is 1. The molecule has 0 amide bonds. The summed E-state index contributed by atoms with van der Waals surface area (Å²) in [5.41, 5.74) is 0.553. The Morgan fingerprint density at radius 1 is 1.38 bits per heavy atom. The molecule has 5 atom stereocenters. The standard InChI is InChI=1S/C20H30O4/c1-13-7-9-20(3)15(18(22)23)5-4-6-16(20)19(13,2)10-8-14-11-17(21)24-12-14/h5,13-14,16H,4,6-12H2,1-3H3,(H,22,23)/t13-,14?,16-,19+,20-/m1/s1. The quantitative estimate of drug-likeness (QED) is 0.783. The summed E-state index contributed by atoms with van der Waals surface area (Å²) < 4.78 is 5.11. The van der Waals surface area contributed by atoms with E-state index in [0.29, 0.717) is 36.4 Å². The van der Waals surface area contributed by atoms with Gasteiger partial charge in [-0.2, -0.15) is 0 Å². The van der Waals surface area contributed by atoms with E-state index in [1.807, 2.05) is 6.08 Å². The second kappa shape index (κ2) is 6.20. The van der Waals surface area contributed by atoms with Crippen molar-refractivity contribution < 1.29 is 19.4 Å². The molecule has 1 N–H and O–H groups in total. The fraction of sp³-hybridized carbons (Fsp3) is 0.800. The van der Waals surface area contributed by atoms with E-state index in [1.165, 1.54) is 0 Å². The van der Waals surface area contributed by atoms with Crippen LogP contribution in [0.2, 0.25) is 0 Å². The number of fused-ring (bicyclic) bond motifs is 1. The number of carboxylic acids is 1. The SMILES string of the molecule is C[C@@H]1CC[C@]2(C)C(C(=O)O)=CCC[C@@H]2[C@@]1(C)CCC1COC(=O)C1. The summed E-state index contributed by atoms with van der Waals surface area (Å²) in [4.78, 5) is 23.1. The molecule has 1 heterocycles. The van der Waals surface area contributed by atoms with Crippen molar-refractivity contribution in [2.24, 2.45) is 28.6 Å². The summed E-state index contributed by atoms with van der Waals surface area (Å²) in [6.45, 7) is 7.42. The van der Waals surface area contributed by atoms with Gasteiger partial charge in [-0.05, 0) is 55.8 Å². The predicted octanol–water partition coefficient (Wildman–Crippen LogP) is 4.19. The van der Waals surface area contributed by atoms with Gasteiger partial charge >= 0.3 is 11.9 Å². The number of carbonyl (C=O) groups excluding carboxylic acids is 1. The minimum atomic E-state index is -0.742. The molecular weight excluding hydrogens is 304 g/mol. The lowest BCUT2D eigenvalue weighted by atomic mass is 9.46. The number of ether oxygens (including phenoxy) is 1. The Kier molecular flexibility index (Phi) is 4.52. The second-order valence-corrected chi connectivity index (χ2v) is 8.71. The summed E-state index contributed by atoms with van der Waals surface area (Å²) >= 11 is 0. The van der Waals surface area contributed by atoms with E-state index >= 15 is 0 Å². The molecule has 1 saturated carbocycles. The van der Waals surface area contributed by atoms with Crippen LogP contribution in [-0.4, -0.2) is 23.7 Å². The Hall–Kier alpha value is -1.32. The van der Waals surface area contributed by atoms with Gasteiger partial charge in [0.25, 0.3) is 0 Å². The zero-order valence-electron chi connectivity index (χ0n) is 15.1. The molecule has 0 aromatic heterocycles. The maximum Gasteiger partial charge on any atom is 0.331 e. The van der Waals surface area contributed by atoms with E-state index < -0.39 is 5.97 Å². The van der Waals surface area contributed by atoms with Crippen LogP contribution in [0.25, 0.3) is 0 Å². The number of hydrogen-bond acceptors (Lipinski definition) is 3. The lowest BCUT2D eigenvalue weighted by Crippen LogP contribution is -2.51. The predicted molar refractivity (Wildman–Crippen MR) is 91.4 cm³/mol. The van der Waals surface area contributed by atoms with Crippen molar-refractivity contribution in [3.63, 3.8) is 0 Å². The molecule has 4 nitrogen and oxygen atoms in total. The number of aliphatic carboxylic acids is 1. The van der Waals surface area contributed by atoms with Gasteiger partial charge in [0.15, 0.2) is 0 Å². The minimum absolute atomic E-state index is 0.0690. The number of esters is 1. The van der Waals surface area contributed by atoms with Crippen molar-refractivity contribution in [2.45, 2.75) is 65.7 Å². The lowest BCUT2D eigenvalue weighted by Gasteiger charge is -2.57. The summed E-state index contributed by atoms with van der Waals surface area (Å²) in [7, 11) is 0. The Morgan fingerprint density at radius 3 is 2.75 bits per heavy atom. The summed E-state index contributed by atoms with van der Waals surface area (Å²) in [5.74, 6) is 0.520. The molecule has 1 aliphatic heterocycles. The largest absolute Gasteiger partial charge is 0.478 e. The first kappa shape index (κ1) is 17.5. The van der Waals surface area contributed by atoms with Gasteiger partial charge < -0.3 is 9.84 Å². The molecule has 0 bridgehead atoms. The maximum absolute atomic E-state index is 11.8. The van der Waals surface area contributed by atoms with E-state index in [2.05, 4.69) is 20.8 Å². The van der Waals surface area contributed by atoms with Gasteiger partial charge in [-0.1, -0.05) is 26.8 Å². The summed E-state index contributed by atoms with van der Waals surface area (Å²) in [6, 6.07) is 0. The van der Waals surface area contributed by atoms with Crippen LogP contribution in [-0.2, 0) is 14.3 Å². The molecule has 3 rings (SSSR count). The highest BCUT2D eigenvalue weighted by Crippen LogP contribution is 2.62. The first-order valence-corrected chi connectivity index (χ1v) is 9.37. The zero-order valence-corrected chi connectivity index (χ0v) is 15.1. The van der Waals surface area contributed by atoms with Crippen LogP contribution >= 0.6 is 0 Å². The van der Waals surface area contributed by atoms with E-state index in [4.69, 9.17) is 4.74 Å². The van der Waals surface area contributed by atoms with Gasteiger partial charge in [-0.3, -0.25) is 4.79 Å². The van der Waals surface area contributed by atoms with Gasteiger partial charge in [0, 0.05) is 16.9 Å². The highest BCUT2D eigenvalue weighted by Gasteiger charge is 2.55. The van der Waals surface area contributed by atoms with Gasteiger partial charge in [0.05, 0.1) is 13.0 Å². The van der Waals surface area contributed by atoms with Crippen LogP contribution in [0, 0.1) is 28.6 Å². The number of cyclic esters (lactones) is 1. The van der Waals surface area contributed by atoms with Gasteiger partial charge in [0.2, 0.25) is 0 Å². The van der Waals surface area contributed by atoms with Crippen molar-refractivity contribution in [2.75, 3.05) is 6.61 Å². The Morgan fingerprint density at radius 2 is 2.12 bits per heavy atom. The Labute approximate surface area is 144 Å². The van der Waals surface area contributed by atoms with Crippen molar-refractivity contribution in [1.82, 2.24) is 0 Å². The molecule has 4 heteroatoms. The highest BCUT2D eigenvalue weighted by molar-refractivity contribution is 5.88. The fourth-order valence-electron chi connectivity index (χ4n) is 5.71. The third-order valence-corrected chi connectivity index (χ3v) is 7.46. The molecule has 0 aromatic rings. The Bertz CT molecular complexity index is 566. The van der Waals surface area contributed by atoms with Gasteiger partial charge in [-0.25, -0.2) is 4.79 Å². The third-order valence-electron chi connectivity index (χ3n) is 7.46. The van der Waals surface area contributed by atoms with Crippen LogP contribution in [0.15, 0.2) is 11.6 Å². The van der Waals surface area contributed by atoms with Crippen LogP contribution in [0.1, 0.15) is 65.7 Å². The van der Waals surface area contributed by atoms with Crippen molar-refractivity contribution in [3.05, 3.63) is 11.6 Å². The molecule has 1 unspecified atom stereocenters. The van der Waals surface area contributed by atoms with Crippen LogP contribution < -0.4 is 0 Å². The summed E-state index contributed by atoms with van der Waals surface area (Å²) in [6.07, 6.45) is 8.56. The topological polar surface area (TPSA) is 63.6 Å². The van der Waals surface area contributed by atoms with Gasteiger partial charge in [0.1, 0.15) is 0 Å². The average molecular weight is 334 g/mol. The van der Waals surface area contributed by atoms with E-state index in [9.17, 15) is 14.7 Å². The molecule has 1 saturated heterocycles. The Balaban J connectivity index is 1.81. The monoisotopic (exact) mass is 334 g/mol. The molecule has 134 valence electrons. The zero-order chi connectivity index (χ0) is 17.5. The first-order valence-electron chi connectivity index (χ1n) is 9.37. The highest BCUT2D eigenvalue weighted by atomic mass is 16.5. The van der Waals surface area contributed by atoms with Crippen LogP contribution in [0.5, 0.6) is 0 Å². The number of rotatable bonds is 4. The van der Waals surface area contributed by atoms with Crippen molar-refractivity contribution in [3.8, 4) is 0 Å². The summed E-state index contributed by atoms with van der Waals surface area (Å²) in [5, 5.41) is 9.69. The molecule has 24 heavy (non-hydrogen) atoms. The number of allylic oxidation sites excluding steroid dienone is 1. The minimum Gasteiger partial charge on any atom is -0.478 e. The van der Waals surface area contributed by atoms with Crippen LogP contribution in [0.3, 0.4) is 0 Å². The average Bonchev–Trinajstić information content (AvgIpc) is 2.94. The lowest BCUT2D eigenvalue weighted by molar-refractivity contribution is -0.138. The second-order valence-electron chi connectivity index (χ2n) is 8.71.